The Labute approximate surface area is 97.4 Å². The standard InChI is InChI=1S/C11H23N3O2/c1-8(2)9(3)14-11(16)7-13-6-5-10(15)12-4/h8-9,13H,5-7H2,1-4H3,(H,12,15)(H,14,16). The average molecular weight is 229 g/mol. The van der Waals surface area contributed by atoms with Gasteiger partial charge in [0.2, 0.25) is 11.8 Å². The van der Waals surface area contributed by atoms with Crippen molar-refractivity contribution in [2.45, 2.75) is 33.2 Å². The Bertz CT molecular complexity index is 229. The zero-order chi connectivity index (χ0) is 12.6. The summed E-state index contributed by atoms with van der Waals surface area (Å²) >= 11 is 0. The van der Waals surface area contributed by atoms with Crippen molar-refractivity contribution in [1.29, 1.82) is 0 Å². The smallest absolute Gasteiger partial charge is 0.234 e. The first-order valence-corrected chi connectivity index (χ1v) is 5.68. The van der Waals surface area contributed by atoms with Crippen LogP contribution < -0.4 is 16.0 Å². The normalized spacial score (nSPS) is 12.3. The molecule has 0 aliphatic heterocycles. The zero-order valence-corrected chi connectivity index (χ0v) is 10.6. The van der Waals surface area contributed by atoms with Crippen LogP contribution in [0.3, 0.4) is 0 Å². The van der Waals surface area contributed by atoms with Gasteiger partial charge in [-0.05, 0) is 12.8 Å². The number of nitrogens with one attached hydrogen (secondary N) is 3. The minimum atomic E-state index is -0.0295. The van der Waals surface area contributed by atoms with Gasteiger partial charge in [-0.3, -0.25) is 9.59 Å². The lowest BCUT2D eigenvalue weighted by molar-refractivity contribution is -0.122. The number of carbonyl (C=O) groups excluding carboxylic acids is 2. The predicted octanol–water partition coefficient (Wildman–Crippen LogP) is -0.127. The second-order valence-electron chi connectivity index (χ2n) is 4.20. The van der Waals surface area contributed by atoms with Crippen molar-refractivity contribution in [1.82, 2.24) is 16.0 Å². The van der Waals surface area contributed by atoms with Crippen molar-refractivity contribution in [2.75, 3.05) is 20.1 Å². The van der Waals surface area contributed by atoms with E-state index in [4.69, 9.17) is 0 Å². The van der Waals surface area contributed by atoms with Gasteiger partial charge in [0.25, 0.3) is 0 Å². The molecule has 0 fully saturated rings. The molecular weight excluding hydrogens is 206 g/mol. The van der Waals surface area contributed by atoms with Gasteiger partial charge in [-0.15, -0.1) is 0 Å². The second-order valence-corrected chi connectivity index (χ2v) is 4.20. The van der Waals surface area contributed by atoms with Crippen molar-refractivity contribution in [3.8, 4) is 0 Å². The average Bonchev–Trinajstić information content (AvgIpc) is 2.23. The summed E-state index contributed by atoms with van der Waals surface area (Å²) in [5, 5.41) is 8.32. The first-order valence-electron chi connectivity index (χ1n) is 5.68. The molecule has 0 heterocycles. The molecule has 0 aromatic carbocycles. The summed E-state index contributed by atoms with van der Waals surface area (Å²) in [6.45, 7) is 6.87. The molecule has 1 unspecified atom stereocenters. The minimum absolute atomic E-state index is 0.0246. The van der Waals surface area contributed by atoms with E-state index in [1.165, 1.54) is 0 Å². The monoisotopic (exact) mass is 229 g/mol. The van der Waals surface area contributed by atoms with Crippen LogP contribution in [0.25, 0.3) is 0 Å². The molecule has 5 heteroatoms. The summed E-state index contributed by atoms with van der Waals surface area (Å²) in [6.07, 6.45) is 0.392. The lowest BCUT2D eigenvalue weighted by Gasteiger charge is -2.17. The molecular formula is C11H23N3O2. The summed E-state index contributed by atoms with van der Waals surface area (Å²) < 4.78 is 0. The Balaban J connectivity index is 3.55. The Morgan fingerprint density at radius 2 is 1.75 bits per heavy atom. The fraction of sp³-hybridized carbons (Fsp3) is 0.818. The van der Waals surface area contributed by atoms with E-state index < -0.39 is 0 Å². The number of carbonyl (C=O) groups is 2. The first kappa shape index (κ1) is 14.9. The second kappa shape index (κ2) is 8.10. The van der Waals surface area contributed by atoms with E-state index in [1.54, 1.807) is 7.05 Å². The third kappa shape index (κ3) is 7.23. The summed E-state index contributed by atoms with van der Waals surface area (Å²) in [4.78, 5) is 22.3. The molecule has 3 N–H and O–H groups in total. The van der Waals surface area contributed by atoms with Crippen molar-refractivity contribution in [3.63, 3.8) is 0 Å². The summed E-state index contributed by atoms with van der Waals surface area (Å²) in [5.41, 5.74) is 0. The van der Waals surface area contributed by atoms with Crippen LogP contribution in [0.15, 0.2) is 0 Å². The van der Waals surface area contributed by atoms with E-state index >= 15 is 0 Å². The van der Waals surface area contributed by atoms with Gasteiger partial charge in [-0.25, -0.2) is 0 Å². The molecule has 0 aromatic heterocycles. The summed E-state index contributed by atoms with van der Waals surface area (Å²) in [7, 11) is 1.60. The molecule has 0 saturated heterocycles. The molecule has 0 saturated carbocycles. The van der Waals surface area contributed by atoms with Crippen LogP contribution in [-0.4, -0.2) is 38.0 Å². The van der Waals surface area contributed by atoms with Gasteiger partial charge in [0.1, 0.15) is 0 Å². The highest BCUT2D eigenvalue weighted by Gasteiger charge is 2.09. The largest absolute Gasteiger partial charge is 0.359 e. The van der Waals surface area contributed by atoms with E-state index in [2.05, 4.69) is 29.8 Å². The van der Waals surface area contributed by atoms with E-state index in [1.807, 2.05) is 6.92 Å². The minimum Gasteiger partial charge on any atom is -0.359 e. The van der Waals surface area contributed by atoms with Crippen LogP contribution in [-0.2, 0) is 9.59 Å². The van der Waals surface area contributed by atoms with Crippen LogP contribution in [0, 0.1) is 5.92 Å². The predicted molar refractivity (Wildman–Crippen MR) is 64.0 cm³/mol. The molecule has 94 valence electrons. The molecule has 0 radical (unpaired) electrons. The SMILES string of the molecule is CNC(=O)CCNCC(=O)NC(C)C(C)C. The van der Waals surface area contributed by atoms with E-state index in [-0.39, 0.29) is 24.4 Å². The van der Waals surface area contributed by atoms with Crippen molar-refractivity contribution < 1.29 is 9.59 Å². The van der Waals surface area contributed by atoms with E-state index in [0.717, 1.165) is 0 Å². The van der Waals surface area contributed by atoms with Gasteiger partial charge in [0.05, 0.1) is 6.54 Å². The fourth-order valence-electron chi connectivity index (χ4n) is 1.00. The van der Waals surface area contributed by atoms with Crippen LogP contribution >= 0.6 is 0 Å². The highest BCUT2D eigenvalue weighted by atomic mass is 16.2. The fourth-order valence-corrected chi connectivity index (χ4v) is 1.00. The van der Waals surface area contributed by atoms with Crippen LogP contribution in [0.5, 0.6) is 0 Å². The highest BCUT2D eigenvalue weighted by Crippen LogP contribution is 1.98. The molecule has 0 aromatic rings. The molecule has 1 atom stereocenters. The first-order chi connectivity index (χ1) is 7.47. The molecule has 0 aliphatic rings. The number of hydrogen-bond acceptors (Lipinski definition) is 3. The lowest BCUT2D eigenvalue weighted by Crippen LogP contribution is -2.41. The van der Waals surface area contributed by atoms with Crippen molar-refractivity contribution in [3.05, 3.63) is 0 Å². The molecule has 2 amide bonds. The van der Waals surface area contributed by atoms with E-state index in [0.29, 0.717) is 18.9 Å². The number of rotatable bonds is 7. The molecule has 0 bridgehead atoms. The third-order valence-electron chi connectivity index (χ3n) is 2.48. The lowest BCUT2D eigenvalue weighted by atomic mass is 10.1. The van der Waals surface area contributed by atoms with Gasteiger partial charge >= 0.3 is 0 Å². The summed E-state index contributed by atoms with van der Waals surface area (Å²) in [5.74, 6) is 0.372. The molecule has 16 heavy (non-hydrogen) atoms. The molecule has 0 aliphatic carbocycles. The topological polar surface area (TPSA) is 70.2 Å². The molecule has 0 spiro atoms. The Kier molecular flexibility index (Phi) is 7.54. The van der Waals surface area contributed by atoms with Crippen molar-refractivity contribution in [2.24, 2.45) is 5.92 Å². The van der Waals surface area contributed by atoms with Gasteiger partial charge in [-0.1, -0.05) is 13.8 Å². The zero-order valence-electron chi connectivity index (χ0n) is 10.6. The maximum Gasteiger partial charge on any atom is 0.234 e. The Morgan fingerprint density at radius 1 is 1.12 bits per heavy atom. The van der Waals surface area contributed by atoms with Crippen molar-refractivity contribution >= 4 is 11.8 Å². The van der Waals surface area contributed by atoms with Gasteiger partial charge in [0.15, 0.2) is 0 Å². The third-order valence-corrected chi connectivity index (χ3v) is 2.48. The van der Waals surface area contributed by atoms with Crippen LogP contribution in [0.2, 0.25) is 0 Å². The van der Waals surface area contributed by atoms with Gasteiger partial charge in [0, 0.05) is 26.1 Å². The Morgan fingerprint density at radius 3 is 2.25 bits per heavy atom. The maximum atomic E-state index is 11.4. The quantitative estimate of drug-likeness (QED) is 0.533. The van der Waals surface area contributed by atoms with Gasteiger partial charge < -0.3 is 16.0 Å². The maximum absolute atomic E-state index is 11.4. The molecule has 5 nitrogen and oxygen atoms in total. The number of hydrogen-bond donors (Lipinski definition) is 3. The van der Waals surface area contributed by atoms with Crippen LogP contribution in [0.1, 0.15) is 27.2 Å². The number of amides is 2. The highest BCUT2D eigenvalue weighted by molar-refractivity contribution is 5.78. The summed E-state index contributed by atoms with van der Waals surface area (Å²) in [6, 6.07) is 0.174. The molecule has 0 rings (SSSR count). The Hall–Kier alpha value is -1.10. The van der Waals surface area contributed by atoms with Crippen LogP contribution in [0.4, 0.5) is 0 Å². The van der Waals surface area contributed by atoms with Gasteiger partial charge in [-0.2, -0.15) is 0 Å². The van der Waals surface area contributed by atoms with E-state index in [9.17, 15) is 9.59 Å².